The minimum absolute atomic E-state index is 0.629. The van der Waals surface area contributed by atoms with Gasteiger partial charge in [-0.05, 0) is 17.7 Å². The molecule has 0 radical (unpaired) electrons. The number of nitrogen functional groups attached to an aromatic ring is 1. The predicted octanol–water partition coefficient (Wildman–Crippen LogP) is 2.53. The highest BCUT2D eigenvalue weighted by molar-refractivity contribution is 9.08. The van der Waals surface area contributed by atoms with E-state index in [2.05, 4.69) is 32.7 Å². The summed E-state index contributed by atoms with van der Waals surface area (Å²) in [7, 11) is 0. The minimum atomic E-state index is 0.629. The summed E-state index contributed by atoms with van der Waals surface area (Å²) in [6.45, 7) is 0. The average molecular weight is 231 g/mol. The van der Waals surface area contributed by atoms with Crippen molar-refractivity contribution in [1.29, 1.82) is 0 Å². The average Bonchev–Trinajstić information content (AvgIpc) is 2.05. The maximum atomic E-state index is 5.58. The van der Waals surface area contributed by atoms with Gasteiger partial charge < -0.3 is 5.73 Å². The first-order chi connectivity index (χ1) is 5.27. The Kier molecular flexibility index (Phi) is 2.96. The summed E-state index contributed by atoms with van der Waals surface area (Å²) < 4.78 is 3.62. The molecule has 0 amide bonds. The summed E-state index contributed by atoms with van der Waals surface area (Å²) in [5.74, 6) is 0. The molecule has 0 aliphatic carbocycles. The largest absolute Gasteiger partial charge is 0.397 e. The molecular formula is C7H7BrN2S. The van der Waals surface area contributed by atoms with E-state index in [9.17, 15) is 0 Å². The Hall–Kier alpha value is -0.480. The van der Waals surface area contributed by atoms with Crippen molar-refractivity contribution in [2.75, 3.05) is 5.73 Å². The number of anilines is 1. The summed E-state index contributed by atoms with van der Waals surface area (Å²) in [5.41, 5.74) is 8.01. The lowest BCUT2D eigenvalue weighted by atomic mass is 10.2. The smallest absolute Gasteiger partial charge is 0.100 e. The Morgan fingerprint density at radius 1 is 1.55 bits per heavy atom. The Morgan fingerprint density at radius 2 is 2.27 bits per heavy atom. The van der Waals surface area contributed by atoms with Crippen LogP contribution in [0.2, 0.25) is 0 Å². The van der Waals surface area contributed by atoms with Crippen LogP contribution in [0.5, 0.6) is 0 Å². The molecule has 0 bridgehead atoms. The highest BCUT2D eigenvalue weighted by Gasteiger charge is 1.97. The molecule has 0 saturated heterocycles. The number of nitrogens with two attached hydrogens (primary N) is 1. The first-order valence-electron chi connectivity index (χ1n) is 3.05. The lowest BCUT2D eigenvalue weighted by molar-refractivity contribution is 1.42. The Labute approximate surface area is 79.1 Å². The fourth-order valence-corrected chi connectivity index (χ4v) is 1.26. The fraction of sp³-hybridized carbons (Fsp3) is 0.143. The molecule has 0 fully saturated rings. The summed E-state index contributed by atoms with van der Waals surface area (Å²) in [4.78, 5) is 0. The summed E-state index contributed by atoms with van der Waals surface area (Å²) in [6.07, 6.45) is 0. The van der Waals surface area contributed by atoms with Crippen LogP contribution in [0.25, 0.3) is 0 Å². The molecule has 11 heavy (non-hydrogen) atoms. The zero-order valence-corrected chi connectivity index (χ0v) is 8.15. The third-order valence-corrected chi connectivity index (χ3v) is 2.19. The van der Waals surface area contributed by atoms with Crippen molar-refractivity contribution in [2.24, 2.45) is 4.36 Å². The van der Waals surface area contributed by atoms with Crippen LogP contribution in [0.1, 0.15) is 5.56 Å². The van der Waals surface area contributed by atoms with Gasteiger partial charge in [0.05, 0.1) is 5.69 Å². The molecule has 58 valence electrons. The van der Waals surface area contributed by atoms with Crippen molar-refractivity contribution >= 4 is 39.7 Å². The molecule has 0 atom stereocenters. The van der Waals surface area contributed by atoms with Crippen molar-refractivity contribution in [3.63, 3.8) is 0 Å². The van der Waals surface area contributed by atoms with E-state index in [1.807, 2.05) is 18.2 Å². The van der Waals surface area contributed by atoms with Gasteiger partial charge in [0.2, 0.25) is 0 Å². The van der Waals surface area contributed by atoms with Crippen molar-refractivity contribution in [1.82, 2.24) is 0 Å². The molecule has 2 nitrogen and oxygen atoms in total. The third kappa shape index (κ3) is 1.97. The molecule has 1 rings (SSSR count). The topological polar surface area (TPSA) is 38.4 Å². The van der Waals surface area contributed by atoms with Crippen LogP contribution in [0.15, 0.2) is 22.6 Å². The van der Waals surface area contributed by atoms with Gasteiger partial charge in [0.15, 0.2) is 0 Å². The second-order valence-corrected chi connectivity index (χ2v) is 2.86. The van der Waals surface area contributed by atoms with Crippen LogP contribution in [0.3, 0.4) is 0 Å². The number of rotatable bonds is 2. The fourth-order valence-electron chi connectivity index (χ4n) is 0.751. The van der Waals surface area contributed by atoms with Crippen molar-refractivity contribution in [3.8, 4) is 0 Å². The van der Waals surface area contributed by atoms with Crippen molar-refractivity contribution in [3.05, 3.63) is 23.8 Å². The Bertz CT molecular complexity index is 275. The van der Waals surface area contributed by atoms with E-state index in [-0.39, 0.29) is 0 Å². The normalized spacial score (nSPS) is 9.55. The predicted molar refractivity (Wildman–Crippen MR) is 52.9 cm³/mol. The molecule has 1 aromatic rings. The number of nitrogens with zero attached hydrogens (tertiary/aromatic N) is 1. The molecular weight excluding hydrogens is 224 g/mol. The summed E-state index contributed by atoms with van der Waals surface area (Å²) in [5, 5.41) is 0.797. The lowest BCUT2D eigenvalue weighted by Crippen LogP contribution is -1.86. The highest BCUT2D eigenvalue weighted by Crippen LogP contribution is 2.23. The maximum Gasteiger partial charge on any atom is 0.100 e. The van der Waals surface area contributed by atoms with Gasteiger partial charge in [0.25, 0.3) is 0 Å². The van der Waals surface area contributed by atoms with Crippen LogP contribution < -0.4 is 5.73 Å². The van der Waals surface area contributed by atoms with E-state index in [1.165, 1.54) is 0 Å². The van der Waals surface area contributed by atoms with Crippen molar-refractivity contribution < 1.29 is 0 Å². The first-order valence-corrected chi connectivity index (χ1v) is 4.54. The molecule has 1 aromatic carbocycles. The molecule has 2 N–H and O–H groups in total. The molecule has 0 aromatic heterocycles. The minimum Gasteiger partial charge on any atom is -0.397 e. The lowest BCUT2D eigenvalue weighted by Gasteiger charge is -1.99. The summed E-state index contributed by atoms with van der Waals surface area (Å²) >= 11 is 7.87. The molecule has 0 aliphatic heterocycles. The second-order valence-electron chi connectivity index (χ2n) is 2.12. The first kappa shape index (κ1) is 8.62. The monoisotopic (exact) mass is 230 g/mol. The van der Waals surface area contributed by atoms with Crippen LogP contribution in [0.4, 0.5) is 11.4 Å². The van der Waals surface area contributed by atoms with Crippen LogP contribution in [0, 0.1) is 0 Å². The van der Waals surface area contributed by atoms with E-state index in [0.717, 1.165) is 10.9 Å². The quantitative estimate of drug-likeness (QED) is 0.627. The zero-order chi connectivity index (χ0) is 8.27. The van der Waals surface area contributed by atoms with E-state index >= 15 is 0 Å². The number of hydrogen-bond donors (Lipinski definition) is 1. The Morgan fingerprint density at radius 3 is 2.82 bits per heavy atom. The molecule has 0 unspecified atom stereocenters. The molecule has 4 heteroatoms. The summed E-state index contributed by atoms with van der Waals surface area (Å²) in [6, 6.07) is 5.62. The molecule has 0 aliphatic rings. The van der Waals surface area contributed by atoms with Crippen LogP contribution in [-0.4, -0.2) is 0 Å². The maximum absolute atomic E-state index is 5.58. The molecule has 0 saturated carbocycles. The third-order valence-electron chi connectivity index (χ3n) is 1.35. The van der Waals surface area contributed by atoms with Gasteiger partial charge >= 0.3 is 0 Å². The Balaban J connectivity index is 3.12. The zero-order valence-electron chi connectivity index (χ0n) is 5.75. The van der Waals surface area contributed by atoms with E-state index < -0.39 is 0 Å². The number of hydrogen-bond acceptors (Lipinski definition) is 3. The molecule has 0 heterocycles. The number of benzene rings is 1. The SMILES string of the molecule is Nc1ccc(CBr)cc1N=S. The number of halogens is 1. The van der Waals surface area contributed by atoms with Gasteiger partial charge in [0.1, 0.15) is 5.69 Å². The van der Waals surface area contributed by atoms with Crippen LogP contribution in [-0.2, 0) is 17.8 Å². The number of alkyl halides is 1. The highest BCUT2D eigenvalue weighted by atomic mass is 79.9. The van der Waals surface area contributed by atoms with Gasteiger partial charge in [-0.25, -0.2) is 0 Å². The molecule has 0 spiro atoms. The second kappa shape index (κ2) is 3.78. The van der Waals surface area contributed by atoms with E-state index in [1.54, 1.807) is 0 Å². The van der Waals surface area contributed by atoms with E-state index in [4.69, 9.17) is 5.73 Å². The van der Waals surface area contributed by atoms with Crippen LogP contribution >= 0.6 is 15.9 Å². The van der Waals surface area contributed by atoms with Crippen molar-refractivity contribution in [2.45, 2.75) is 5.33 Å². The van der Waals surface area contributed by atoms with Gasteiger partial charge in [0, 0.05) is 17.8 Å². The van der Waals surface area contributed by atoms with Gasteiger partial charge in [-0.1, -0.05) is 22.0 Å². The van der Waals surface area contributed by atoms with E-state index in [0.29, 0.717) is 11.4 Å². The van der Waals surface area contributed by atoms with Gasteiger partial charge in [-0.15, -0.1) is 0 Å². The van der Waals surface area contributed by atoms with Gasteiger partial charge in [-0.3, -0.25) is 0 Å². The van der Waals surface area contributed by atoms with Gasteiger partial charge in [-0.2, -0.15) is 4.36 Å². The standard InChI is InChI=1S/C7H7BrN2S/c8-4-5-1-2-6(9)7(3-5)10-11/h1-3H,4,9H2.